The Morgan fingerprint density at radius 2 is 2.00 bits per heavy atom. The Balaban J connectivity index is 1.54. The minimum absolute atomic E-state index is 0.533. The SMILES string of the molecule is c1ccn2c(C3CCCN(C4CCSCC4)C3)nnc2c1. The maximum Gasteiger partial charge on any atom is 0.160 e. The molecular formula is C16H22N4S. The molecule has 1 unspecified atom stereocenters. The zero-order valence-corrected chi connectivity index (χ0v) is 13.1. The summed E-state index contributed by atoms with van der Waals surface area (Å²) in [5.41, 5.74) is 0.971. The van der Waals surface area contributed by atoms with Gasteiger partial charge in [-0.05, 0) is 55.9 Å². The first kappa shape index (κ1) is 13.6. The maximum absolute atomic E-state index is 4.48. The molecule has 2 saturated heterocycles. The molecule has 0 aliphatic carbocycles. The second kappa shape index (κ2) is 5.97. The average molecular weight is 302 g/mol. The molecule has 0 N–H and O–H groups in total. The third-order valence-electron chi connectivity index (χ3n) is 4.87. The summed E-state index contributed by atoms with van der Waals surface area (Å²) in [6, 6.07) is 6.93. The summed E-state index contributed by atoms with van der Waals surface area (Å²) in [5.74, 6) is 4.35. The zero-order chi connectivity index (χ0) is 14.1. The van der Waals surface area contributed by atoms with Gasteiger partial charge in [0, 0.05) is 24.7 Å². The molecule has 2 aliphatic heterocycles. The highest BCUT2D eigenvalue weighted by atomic mass is 32.2. The number of aromatic nitrogens is 3. The van der Waals surface area contributed by atoms with Crippen molar-refractivity contribution >= 4 is 17.4 Å². The van der Waals surface area contributed by atoms with Gasteiger partial charge in [-0.1, -0.05) is 6.07 Å². The third-order valence-corrected chi connectivity index (χ3v) is 5.91. The fourth-order valence-corrected chi connectivity index (χ4v) is 4.82. The first-order chi connectivity index (χ1) is 10.4. The van der Waals surface area contributed by atoms with E-state index in [1.807, 2.05) is 12.1 Å². The number of hydrogen-bond donors (Lipinski definition) is 0. The lowest BCUT2D eigenvalue weighted by molar-refractivity contribution is 0.137. The Morgan fingerprint density at radius 1 is 1.10 bits per heavy atom. The third kappa shape index (κ3) is 2.69. The predicted molar refractivity (Wildman–Crippen MR) is 86.9 cm³/mol. The van der Waals surface area contributed by atoms with E-state index in [1.165, 1.54) is 43.7 Å². The molecule has 2 aromatic heterocycles. The molecule has 0 saturated carbocycles. The molecule has 2 aliphatic rings. The first-order valence-electron chi connectivity index (χ1n) is 8.03. The van der Waals surface area contributed by atoms with E-state index in [0.29, 0.717) is 5.92 Å². The van der Waals surface area contributed by atoms with Crippen molar-refractivity contribution in [1.29, 1.82) is 0 Å². The van der Waals surface area contributed by atoms with Gasteiger partial charge in [-0.3, -0.25) is 9.30 Å². The van der Waals surface area contributed by atoms with Crippen LogP contribution in [0.5, 0.6) is 0 Å². The van der Waals surface area contributed by atoms with Gasteiger partial charge in [0.25, 0.3) is 0 Å². The van der Waals surface area contributed by atoms with E-state index >= 15 is 0 Å². The van der Waals surface area contributed by atoms with Crippen LogP contribution in [-0.4, -0.2) is 50.1 Å². The molecular weight excluding hydrogens is 280 g/mol. The van der Waals surface area contributed by atoms with Gasteiger partial charge in [0.2, 0.25) is 0 Å². The summed E-state index contributed by atoms with van der Waals surface area (Å²) >= 11 is 2.11. The Bertz CT molecular complexity index is 605. The van der Waals surface area contributed by atoms with Crippen LogP contribution in [0.3, 0.4) is 0 Å². The lowest BCUT2D eigenvalue weighted by Gasteiger charge is -2.39. The average Bonchev–Trinajstić information content (AvgIpc) is 3.00. The topological polar surface area (TPSA) is 33.4 Å². The number of rotatable bonds is 2. The standard InChI is InChI=1S/C16H22N4S/c1-2-9-20-15(5-1)17-18-16(20)13-4-3-8-19(12-13)14-6-10-21-11-7-14/h1-2,5,9,13-14H,3-4,6-8,10-12H2. The molecule has 4 rings (SSSR count). The van der Waals surface area contributed by atoms with Crippen LogP contribution < -0.4 is 0 Å². The number of hydrogen-bond acceptors (Lipinski definition) is 4. The fraction of sp³-hybridized carbons (Fsp3) is 0.625. The molecule has 21 heavy (non-hydrogen) atoms. The molecule has 0 bridgehead atoms. The van der Waals surface area contributed by atoms with Crippen LogP contribution in [0.25, 0.3) is 5.65 Å². The van der Waals surface area contributed by atoms with E-state index in [-0.39, 0.29) is 0 Å². The smallest absolute Gasteiger partial charge is 0.160 e. The van der Waals surface area contributed by atoms with Crippen molar-refractivity contribution in [2.45, 2.75) is 37.6 Å². The van der Waals surface area contributed by atoms with Crippen molar-refractivity contribution < 1.29 is 0 Å². The Labute approximate surface area is 129 Å². The molecule has 5 heteroatoms. The van der Waals surface area contributed by atoms with Crippen molar-refractivity contribution in [2.75, 3.05) is 24.6 Å². The van der Waals surface area contributed by atoms with Crippen LogP contribution in [0.4, 0.5) is 0 Å². The highest BCUT2D eigenvalue weighted by Crippen LogP contribution is 2.30. The lowest BCUT2D eigenvalue weighted by Crippen LogP contribution is -2.44. The quantitative estimate of drug-likeness (QED) is 0.854. The van der Waals surface area contributed by atoms with Crippen LogP contribution >= 0.6 is 11.8 Å². The van der Waals surface area contributed by atoms with Gasteiger partial charge >= 0.3 is 0 Å². The minimum atomic E-state index is 0.533. The molecule has 0 radical (unpaired) electrons. The second-order valence-corrected chi connectivity index (χ2v) is 7.39. The van der Waals surface area contributed by atoms with Gasteiger partial charge in [-0.15, -0.1) is 10.2 Å². The summed E-state index contributed by atoms with van der Waals surface area (Å²) < 4.78 is 2.17. The number of pyridine rings is 1. The molecule has 112 valence electrons. The number of thioether (sulfide) groups is 1. The highest BCUT2D eigenvalue weighted by Gasteiger charge is 2.29. The second-order valence-electron chi connectivity index (χ2n) is 6.16. The van der Waals surface area contributed by atoms with Crippen LogP contribution in [0.15, 0.2) is 24.4 Å². The molecule has 0 spiro atoms. The predicted octanol–water partition coefficient (Wildman–Crippen LogP) is 2.80. The van der Waals surface area contributed by atoms with E-state index in [4.69, 9.17) is 0 Å². The van der Waals surface area contributed by atoms with Crippen LogP contribution in [0, 0.1) is 0 Å². The van der Waals surface area contributed by atoms with Gasteiger partial charge < -0.3 is 0 Å². The number of piperidine rings is 1. The van der Waals surface area contributed by atoms with Crippen LogP contribution in [-0.2, 0) is 0 Å². The van der Waals surface area contributed by atoms with Crippen molar-refractivity contribution in [1.82, 2.24) is 19.5 Å². The largest absolute Gasteiger partial charge is 0.300 e. The Morgan fingerprint density at radius 3 is 2.90 bits per heavy atom. The highest BCUT2D eigenvalue weighted by molar-refractivity contribution is 7.99. The molecule has 4 heterocycles. The van der Waals surface area contributed by atoms with E-state index in [9.17, 15) is 0 Å². The van der Waals surface area contributed by atoms with Gasteiger partial charge in [0.15, 0.2) is 5.65 Å². The summed E-state index contributed by atoms with van der Waals surface area (Å²) in [7, 11) is 0. The van der Waals surface area contributed by atoms with Gasteiger partial charge in [0.05, 0.1) is 0 Å². The number of nitrogens with zero attached hydrogens (tertiary/aromatic N) is 4. The molecule has 0 amide bonds. The summed E-state index contributed by atoms with van der Waals surface area (Å²) in [5, 5.41) is 8.80. The Kier molecular flexibility index (Phi) is 3.86. The van der Waals surface area contributed by atoms with E-state index in [1.54, 1.807) is 0 Å². The maximum atomic E-state index is 4.48. The normalized spacial score (nSPS) is 25.4. The van der Waals surface area contributed by atoms with E-state index < -0.39 is 0 Å². The number of likely N-dealkylation sites (tertiary alicyclic amines) is 1. The molecule has 1 atom stereocenters. The van der Waals surface area contributed by atoms with Crippen molar-refractivity contribution in [3.63, 3.8) is 0 Å². The summed E-state index contributed by atoms with van der Waals surface area (Å²) in [4.78, 5) is 2.72. The fourth-order valence-electron chi connectivity index (χ4n) is 3.74. The first-order valence-corrected chi connectivity index (χ1v) is 9.19. The summed E-state index contributed by atoms with van der Waals surface area (Å²) in [6.45, 7) is 2.42. The van der Waals surface area contributed by atoms with Gasteiger partial charge in [-0.2, -0.15) is 11.8 Å². The summed E-state index contributed by atoms with van der Waals surface area (Å²) in [6.07, 6.45) is 7.35. The van der Waals surface area contributed by atoms with Crippen molar-refractivity contribution in [3.8, 4) is 0 Å². The van der Waals surface area contributed by atoms with Crippen molar-refractivity contribution in [2.24, 2.45) is 0 Å². The van der Waals surface area contributed by atoms with Crippen molar-refractivity contribution in [3.05, 3.63) is 30.2 Å². The number of fused-ring (bicyclic) bond motifs is 1. The molecule has 4 nitrogen and oxygen atoms in total. The van der Waals surface area contributed by atoms with Crippen LogP contribution in [0.2, 0.25) is 0 Å². The van der Waals surface area contributed by atoms with Gasteiger partial charge in [-0.25, -0.2) is 0 Å². The molecule has 2 fully saturated rings. The molecule has 2 aromatic rings. The zero-order valence-electron chi connectivity index (χ0n) is 12.3. The van der Waals surface area contributed by atoms with Gasteiger partial charge in [0.1, 0.15) is 5.82 Å². The molecule has 0 aromatic carbocycles. The van der Waals surface area contributed by atoms with Crippen LogP contribution in [0.1, 0.15) is 37.4 Å². The lowest BCUT2D eigenvalue weighted by atomic mass is 9.94. The van der Waals surface area contributed by atoms with E-state index in [0.717, 1.165) is 24.1 Å². The van der Waals surface area contributed by atoms with E-state index in [2.05, 4.69) is 43.5 Å². The Hall–Kier alpha value is -1.07. The monoisotopic (exact) mass is 302 g/mol. The minimum Gasteiger partial charge on any atom is -0.300 e.